The van der Waals surface area contributed by atoms with Crippen molar-refractivity contribution in [3.63, 3.8) is 0 Å². The van der Waals surface area contributed by atoms with Crippen molar-refractivity contribution in [3.05, 3.63) is 60.2 Å². The van der Waals surface area contributed by atoms with Gasteiger partial charge in [-0.05, 0) is 42.7 Å². The number of ether oxygens (including phenoxy) is 1. The zero-order valence-electron chi connectivity index (χ0n) is 17.2. The van der Waals surface area contributed by atoms with Crippen LogP contribution >= 0.6 is 0 Å². The lowest BCUT2D eigenvalue weighted by molar-refractivity contribution is -0.0325. The van der Waals surface area contributed by atoms with Crippen LogP contribution in [0.5, 0.6) is 5.75 Å². The molecule has 0 saturated carbocycles. The molecule has 8 heteroatoms. The largest absolute Gasteiger partial charge is 0.491 e. The molecule has 30 heavy (non-hydrogen) atoms. The number of nitrogens with one attached hydrogen (secondary N) is 1. The van der Waals surface area contributed by atoms with E-state index in [0.29, 0.717) is 37.2 Å². The molecule has 0 aliphatic carbocycles. The van der Waals surface area contributed by atoms with Gasteiger partial charge in [0, 0.05) is 31.7 Å². The van der Waals surface area contributed by atoms with E-state index in [1.54, 1.807) is 24.3 Å². The first-order valence-corrected chi connectivity index (χ1v) is 12.0. The van der Waals surface area contributed by atoms with Crippen LogP contribution in [-0.2, 0) is 16.4 Å². The number of hydrogen-bond donors (Lipinski definition) is 3. The fraction of sp³-hybridized carbons (Fsp3) is 0.455. The number of sulfonamides is 1. The van der Waals surface area contributed by atoms with Gasteiger partial charge in [-0.2, -0.15) is 0 Å². The van der Waals surface area contributed by atoms with Crippen LogP contribution in [0.4, 0.5) is 5.69 Å². The summed E-state index contributed by atoms with van der Waals surface area (Å²) in [4.78, 5) is 2.15. The van der Waals surface area contributed by atoms with Crippen molar-refractivity contribution in [1.82, 2.24) is 4.90 Å². The molecule has 0 radical (unpaired) electrons. The molecule has 0 aromatic heterocycles. The van der Waals surface area contributed by atoms with E-state index in [1.807, 2.05) is 30.3 Å². The van der Waals surface area contributed by atoms with Crippen LogP contribution in [0.15, 0.2) is 54.6 Å². The van der Waals surface area contributed by atoms with Gasteiger partial charge in [0.2, 0.25) is 10.0 Å². The van der Waals surface area contributed by atoms with Crippen LogP contribution in [0.1, 0.15) is 18.4 Å². The fourth-order valence-electron chi connectivity index (χ4n) is 3.68. The zero-order valence-corrected chi connectivity index (χ0v) is 18.0. The first-order chi connectivity index (χ1) is 14.2. The second-order valence-electron chi connectivity index (χ2n) is 8.05. The Morgan fingerprint density at radius 2 is 1.73 bits per heavy atom. The molecule has 1 saturated heterocycles. The highest BCUT2D eigenvalue weighted by molar-refractivity contribution is 7.92. The normalized spacial score (nSPS) is 18.0. The number of hydrogen-bond acceptors (Lipinski definition) is 6. The number of likely N-dealkylation sites (tertiary alicyclic amines) is 1. The molecule has 2 aromatic carbocycles. The first-order valence-electron chi connectivity index (χ1n) is 10.1. The minimum absolute atomic E-state index is 0.142. The highest BCUT2D eigenvalue weighted by atomic mass is 32.2. The van der Waals surface area contributed by atoms with Gasteiger partial charge in [-0.15, -0.1) is 0 Å². The van der Waals surface area contributed by atoms with Gasteiger partial charge in [0.1, 0.15) is 18.5 Å². The molecular formula is C22H30N2O5S. The van der Waals surface area contributed by atoms with Crippen LogP contribution in [0, 0.1) is 0 Å². The molecule has 3 N–H and O–H groups in total. The quantitative estimate of drug-likeness (QED) is 0.557. The van der Waals surface area contributed by atoms with Crippen LogP contribution in [0.25, 0.3) is 0 Å². The van der Waals surface area contributed by atoms with Gasteiger partial charge in [0.25, 0.3) is 0 Å². The first kappa shape index (κ1) is 22.6. The summed E-state index contributed by atoms with van der Waals surface area (Å²) < 4.78 is 30.5. The molecule has 2 aromatic rings. The van der Waals surface area contributed by atoms with Crippen LogP contribution in [0.2, 0.25) is 0 Å². The predicted octanol–water partition coefficient (Wildman–Crippen LogP) is 1.87. The second-order valence-corrected chi connectivity index (χ2v) is 9.80. The minimum atomic E-state index is -3.31. The Morgan fingerprint density at radius 3 is 2.33 bits per heavy atom. The summed E-state index contributed by atoms with van der Waals surface area (Å²) in [6, 6.07) is 16.6. The number of aliphatic hydroxyl groups excluding tert-OH is 1. The molecule has 1 aliphatic rings. The fourth-order valence-corrected chi connectivity index (χ4v) is 4.25. The smallest absolute Gasteiger partial charge is 0.229 e. The Morgan fingerprint density at radius 1 is 1.10 bits per heavy atom. The average Bonchev–Trinajstić information content (AvgIpc) is 2.69. The summed E-state index contributed by atoms with van der Waals surface area (Å²) in [5, 5.41) is 21.2. The van der Waals surface area contributed by atoms with E-state index in [-0.39, 0.29) is 6.61 Å². The third-order valence-electron chi connectivity index (χ3n) is 5.23. The summed E-state index contributed by atoms with van der Waals surface area (Å²) in [6.07, 6.45) is 2.43. The summed E-state index contributed by atoms with van der Waals surface area (Å²) >= 11 is 0. The molecular weight excluding hydrogens is 404 g/mol. The number of anilines is 1. The molecule has 1 aliphatic heterocycles. The maximum absolute atomic E-state index is 11.2. The summed E-state index contributed by atoms with van der Waals surface area (Å²) in [5.41, 5.74) is 0.905. The van der Waals surface area contributed by atoms with Gasteiger partial charge >= 0.3 is 0 Å². The maximum Gasteiger partial charge on any atom is 0.229 e. The topological polar surface area (TPSA) is 99.1 Å². The average molecular weight is 435 g/mol. The second kappa shape index (κ2) is 9.78. The number of β-amino-alcohol motifs (C(OH)–C–C–N with tert-alkyl or cyclic N) is 1. The molecule has 164 valence electrons. The van der Waals surface area contributed by atoms with Crippen LogP contribution in [-0.4, -0.2) is 67.7 Å². The Labute approximate surface area is 178 Å². The lowest BCUT2D eigenvalue weighted by atomic mass is 9.85. The van der Waals surface area contributed by atoms with Gasteiger partial charge in [0.15, 0.2) is 0 Å². The monoisotopic (exact) mass is 434 g/mol. The van der Waals surface area contributed by atoms with Crippen molar-refractivity contribution in [3.8, 4) is 5.75 Å². The Bertz CT molecular complexity index is 895. The Balaban J connectivity index is 1.40. The van der Waals surface area contributed by atoms with E-state index in [4.69, 9.17) is 4.74 Å². The predicted molar refractivity (Wildman–Crippen MR) is 117 cm³/mol. The highest BCUT2D eigenvalue weighted by Gasteiger charge is 2.32. The van der Waals surface area contributed by atoms with Crippen molar-refractivity contribution >= 4 is 15.7 Å². The molecule has 1 atom stereocenters. The number of aliphatic hydroxyl groups is 2. The molecule has 0 amide bonds. The minimum Gasteiger partial charge on any atom is -0.491 e. The summed E-state index contributed by atoms with van der Waals surface area (Å²) in [6.45, 7) is 2.08. The number of piperidine rings is 1. The Kier molecular flexibility index (Phi) is 7.36. The van der Waals surface area contributed by atoms with Gasteiger partial charge < -0.3 is 19.8 Å². The zero-order chi connectivity index (χ0) is 21.6. The SMILES string of the molecule is CS(=O)(=O)Nc1ccc(OCC(O)CN2CCC(O)(Cc3ccccc3)CC2)cc1. The molecule has 0 spiro atoms. The third-order valence-corrected chi connectivity index (χ3v) is 5.84. The van der Waals surface area contributed by atoms with Gasteiger partial charge in [0.05, 0.1) is 11.9 Å². The van der Waals surface area contributed by atoms with Crippen molar-refractivity contribution in [2.45, 2.75) is 31.0 Å². The summed E-state index contributed by atoms with van der Waals surface area (Å²) in [7, 11) is -3.31. The van der Waals surface area contributed by atoms with E-state index in [0.717, 1.165) is 24.9 Å². The molecule has 3 rings (SSSR count). The molecule has 1 unspecified atom stereocenters. The van der Waals surface area contributed by atoms with E-state index >= 15 is 0 Å². The van der Waals surface area contributed by atoms with Crippen molar-refractivity contribution in [2.24, 2.45) is 0 Å². The third kappa shape index (κ3) is 7.28. The number of nitrogens with zero attached hydrogens (tertiary/aromatic N) is 1. The highest BCUT2D eigenvalue weighted by Crippen LogP contribution is 2.26. The van der Waals surface area contributed by atoms with Crippen molar-refractivity contribution in [2.75, 3.05) is 37.2 Å². The lowest BCUT2D eigenvalue weighted by Gasteiger charge is -2.39. The summed E-state index contributed by atoms with van der Waals surface area (Å²) in [5.74, 6) is 0.559. The van der Waals surface area contributed by atoms with E-state index < -0.39 is 21.7 Å². The van der Waals surface area contributed by atoms with E-state index in [2.05, 4.69) is 9.62 Å². The van der Waals surface area contributed by atoms with Crippen molar-refractivity contribution in [1.29, 1.82) is 0 Å². The van der Waals surface area contributed by atoms with Gasteiger partial charge in [-0.25, -0.2) is 8.42 Å². The molecule has 7 nitrogen and oxygen atoms in total. The van der Waals surface area contributed by atoms with Gasteiger partial charge in [-0.3, -0.25) is 4.72 Å². The van der Waals surface area contributed by atoms with Gasteiger partial charge in [-0.1, -0.05) is 30.3 Å². The standard InChI is InChI=1S/C22H30N2O5S/c1-30(27,28)23-19-7-9-21(10-8-19)29-17-20(25)16-24-13-11-22(26,12-14-24)15-18-5-3-2-4-6-18/h2-10,20,23,25-26H,11-17H2,1H3. The maximum atomic E-state index is 11.2. The molecule has 1 fully saturated rings. The van der Waals surface area contributed by atoms with Crippen molar-refractivity contribution < 1.29 is 23.4 Å². The number of benzene rings is 2. The van der Waals surface area contributed by atoms with Crippen LogP contribution in [0.3, 0.4) is 0 Å². The lowest BCUT2D eigenvalue weighted by Crippen LogP contribution is -2.48. The van der Waals surface area contributed by atoms with E-state index in [9.17, 15) is 18.6 Å². The number of rotatable bonds is 9. The molecule has 1 heterocycles. The van der Waals surface area contributed by atoms with E-state index in [1.165, 1.54) is 0 Å². The van der Waals surface area contributed by atoms with Crippen LogP contribution < -0.4 is 9.46 Å². The Hall–Kier alpha value is -2.13. The molecule has 0 bridgehead atoms.